The van der Waals surface area contributed by atoms with Gasteiger partial charge in [-0.05, 0) is 20.5 Å². The van der Waals surface area contributed by atoms with Crippen molar-refractivity contribution in [3.8, 4) is 0 Å². The number of hydrogen-bond donors (Lipinski definition) is 0. The first-order valence-electron chi connectivity index (χ1n) is 4.21. The van der Waals surface area contributed by atoms with Crippen LogP contribution in [0.3, 0.4) is 0 Å². The number of nitrogens with zero attached hydrogens (tertiary/aromatic N) is 1. The summed E-state index contributed by atoms with van der Waals surface area (Å²) in [4.78, 5) is 2.18. The van der Waals surface area contributed by atoms with Gasteiger partial charge in [0.15, 0.2) is 6.79 Å². The molecule has 0 radical (unpaired) electrons. The average molecular weight is 173 g/mol. The molecular weight excluding hydrogens is 154 g/mol. The summed E-state index contributed by atoms with van der Waals surface area (Å²) < 4.78 is 10.2. The molecule has 0 saturated heterocycles. The molecule has 0 N–H and O–H groups in total. The zero-order valence-electron chi connectivity index (χ0n) is 8.30. The monoisotopic (exact) mass is 173 g/mol. The Labute approximate surface area is 75.0 Å². The van der Waals surface area contributed by atoms with Crippen LogP contribution in [0.2, 0.25) is 0 Å². The van der Waals surface area contributed by atoms with Crippen molar-refractivity contribution in [1.29, 1.82) is 0 Å². The number of allylic oxidation sites excluding steroid dienone is 1. The summed E-state index contributed by atoms with van der Waals surface area (Å²) in [6.07, 6.45) is 0. The fourth-order valence-electron chi connectivity index (χ4n) is 0.580. The summed E-state index contributed by atoms with van der Waals surface area (Å²) >= 11 is 0. The van der Waals surface area contributed by atoms with Crippen molar-refractivity contribution in [2.24, 2.45) is 0 Å². The van der Waals surface area contributed by atoms with Crippen molar-refractivity contribution in [2.45, 2.75) is 13.8 Å². The summed E-state index contributed by atoms with van der Waals surface area (Å²) in [5.41, 5.74) is 0. The van der Waals surface area contributed by atoms with Crippen molar-refractivity contribution < 1.29 is 9.47 Å². The minimum atomic E-state index is 0.312. The first kappa shape index (κ1) is 11.5. The average Bonchev–Trinajstić information content (AvgIpc) is 2.03. The van der Waals surface area contributed by atoms with Gasteiger partial charge in [-0.25, -0.2) is 0 Å². The Morgan fingerprint density at radius 1 is 1.50 bits per heavy atom. The third-order valence-corrected chi connectivity index (χ3v) is 1.55. The van der Waals surface area contributed by atoms with E-state index < -0.39 is 0 Å². The molecule has 12 heavy (non-hydrogen) atoms. The third kappa shape index (κ3) is 7.57. The first-order chi connectivity index (χ1) is 5.66. The van der Waals surface area contributed by atoms with Crippen molar-refractivity contribution in [2.75, 3.05) is 33.5 Å². The molecule has 0 rings (SSSR count). The van der Waals surface area contributed by atoms with Gasteiger partial charge in [-0.3, -0.25) is 0 Å². The van der Waals surface area contributed by atoms with E-state index in [2.05, 4.69) is 25.5 Å². The Hall–Kier alpha value is -0.540. The minimum absolute atomic E-state index is 0.312. The fourth-order valence-corrected chi connectivity index (χ4v) is 0.580. The van der Waals surface area contributed by atoms with E-state index in [0.29, 0.717) is 19.2 Å². The van der Waals surface area contributed by atoms with Gasteiger partial charge in [-0.1, -0.05) is 13.5 Å². The predicted octanol–water partition coefficient (Wildman–Crippen LogP) is 1.46. The Balaban J connectivity index is 3.05. The lowest BCUT2D eigenvalue weighted by Gasteiger charge is -2.13. The van der Waals surface area contributed by atoms with Crippen LogP contribution in [0.4, 0.5) is 0 Å². The Kier molecular flexibility index (Phi) is 6.81. The minimum Gasteiger partial charge on any atom is -0.473 e. The smallest absolute Gasteiger partial charge is 0.188 e. The molecule has 0 aliphatic rings. The van der Waals surface area contributed by atoms with Gasteiger partial charge < -0.3 is 14.4 Å². The highest BCUT2D eigenvalue weighted by Crippen LogP contribution is 1.90. The molecule has 0 aromatic heterocycles. The second-order valence-corrected chi connectivity index (χ2v) is 2.77. The number of rotatable bonds is 7. The summed E-state index contributed by atoms with van der Waals surface area (Å²) in [6.45, 7) is 10.5. The van der Waals surface area contributed by atoms with Crippen LogP contribution >= 0.6 is 0 Å². The molecule has 0 fully saturated rings. The topological polar surface area (TPSA) is 21.7 Å². The maximum atomic E-state index is 5.19. The normalized spacial score (nSPS) is 10.3. The molecule has 0 amide bonds. The van der Waals surface area contributed by atoms with Crippen LogP contribution in [0, 0.1) is 0 Å². The molecule has 0 aromatic carbocycles. The highest BCUT2D eigenvalue weighted by molar-refractivity contribution is 4.72. The first-order valence-corrected chi connectivity index (χ1v) is 4.21. The predicted molar refractivity (Wildman–Crippen MR) is 49.9 cm³/mol. The van der Waals surface area contributed by atoms with E-state index in [-0.39, 0.29) is 0 Å². The second kappa shape index (κ2) is 7.13. The van der Waals surface area contributed by atoms with Gasteiger partial charge in [0.05, 0.1) is 12.4 Å². The fraction of sp³-hybridized carbons (Fsp3) is 0.778. The van der Waals surface area contributed by atoms with Crippen LogP contribution in [-0.4, -0.2) is 38.4 Å². The molecule has 0 aliphatic heterocycles. The van der Waals surface area contributed by atoms with Crippen molar-refractivity contribution in [3.63, 3.8) is 0 Å². The van der Waals surface area contributed by atoms with E-state index >= 15 is 0 Å². The van der Waals surface area contributed by atoms with Gasteiger partial charge in [-0.15, -0.1) is 0 Å². The molecule has 3 heteroatoms. The maximum Gasteiger partial charge on any atom is 0.188 e. The molecule has 0 aromatic rings. The van der Waals surface area contributed by atoms with Crippen LogP contribution in [-0.2, 0) is 9.47 Å². The van der Waals surface area contributed by atoms with Gasteiger partial charge in [0.25, 0.3) is 0 Å². The highest BCUT2D eigenvalue weighted by atomic mass is 16.7. The number of ether oxygens (including phenoxy) is 2. The van der Waals surface area contributed by atoms with Gasteiger partial charge in [0.2, 0.25) is 0 Å². The standard InChI is InChI=1S/C9H19NO2/c1-5-10(4)6-7-11-8-12-9(2)3/h2,5-8H2,1,3-4H3. The summed E-state index contributed by atoms with van der Waals surface area (Å²) in [7, 11) is 2.06. The lowest BCUT2D eigenvalue weighted by molar-refractivity contribution is -0.0269. The Bertz CT molecular complexity index is 126. The zero-order chi connectivity index (χ0) is 9.40. The third-order valence-electron chi connectivity index (χ3n) is 1.55. The number of hydrogen-bond acceptors (Lipinski definition) is 3. The van der Waals surface area contributed by atoms with Crippen LogP contribution in [0.5, 0.6) is 0 Å². The largest absolute Gasteiger partial charge is 0.473 e. The second-order valence-electron chi connectivity index (χ2n) is 2.77. The molecule has 0 unspecified atom stereocenters. The summed E-state index contributed by atoms with van der Waals surface area (Å²) in [5.74, 6) is 0.693. The van der Waals surface area contributed by atoms with Crippen LogP contribution in [0.25, 0.3) is 0 Å². The van der Waals surface area contributed by atoms with Gasteiger partial charge >= 0.3 is 0 Å². The van der Waals surface area contributed by atoms with E-state index in [1.165, 1.54) is 0 Å². The van der Waals surface area contributed by atoms with E-state index in [0.717, 1.165) is 13.1 Å². The van der Waals surface area contributed by atoms with E-state index in [1.54, 1.807) is 0 Å². The van der Waals surface area contributed by atoms with E-state index in [9.17, 15) is 0 Å². The van der Waals surface area contributed by atoms with Crippen LogP contribution in [0.15, 0.2) is 12.3 Å². The van der Waals surface area contributed by atoms with Gasteiger partial charge in [-0.2, -0.15) is 0 Å². The van der Waals surface area contributed by atoms with Crippen molar-refractivity contribution in [3.05, 3.63) is 12.3 Å². The van der Waals surface area contributed by atoms with Crippen molar-refractivity contribution in [1.82, 2.24) is 4.90 Å². The lowest BCUT2D eigenvalue weighted by Crippen LogP contribution is -2.22. The van der Waals surface area contributed by atoms with E-state index in [1.807, 2.05) is 6.92 Å². The molecule has 0 heterocycles. The quantitative estimate of drug-likeness (QED) is 0.330. The van der Waals surface area contributed by atoms with Crippen molar-refractivity contribution >= 4 is 0 Å². The Morgan fingerprint density at radius 3 is 2.67 bits per heavy atom. The van der Waals surface area contributed by atoms with Gasteiger partial charge in [0, 0.05) is 6.54 Å². The summed E-state index contributed by atoms with van der Waals surface area (Å²) in [5, 5.41) is 0. The highest BCUT2D eigenvalue weighted by Gasteiger charge is 1.93. The van der Waals surface area contributed by atoms with Gasteiger partial charge in [0.1, 0.15) is 0 Å². The summed E-state index contributed by atoms with van der Waals surface area (Å²) in [6, 6.07) is 0. The molecule has 0 spiro atoms. The molecule has 3 nitrogen and oxygen atoms in total. The molecule has 0 bridgehead atoms. The SMILES string of the molecule is C=C(C)OCOCCN(C)CC. The Morgan fingerprint density at radius 2 is 2.17 bits per heavy atom. The maximum absolute atomic E-state index is 5.19. The molecular formula is C9H19NO2. The van der Waals surface area contributed by atoms with E-state index in [4.69, 9.17) is 9.47 Å². The molecule has 72 valence electrons. The molecule has 0 saturated carbocycles. The lowest BCUT2D eigenvalue weighted by atomic mass is 10.5. The molecule has 0 atom stereocenters. The zero-order valence-corrected chi connectivity index (χ0v) is 8.30. The molecule has 0 aliphatic carbocycles. The van der Waals surface area contributed by atoms with Crippen LogP contribution in [0.1, 0.15) is 13.8 Å². The van der Waals surface area contributed by atoms with Crippen LogP contribution < -0.4 is 0 Å². The number of likely N-dealkylation sites (N-methyl/N-ethyl adjacent to an activating group) is 1.